The summed E-state index contributed by atoms with van der Waals surface area (Å²) in [5, 5.41) is 0.990. The zero-order chi connectivity index (χ0) is 16.0. The molecule has 1 aliphatic carbocycles. The van der Waals surface area contributed by atoms with Gasteiger partial charge in [0.1, 0.15) is 5.75 Å². The summed E-state index contributed by atoms with van der Waals surface area (Å²) in [7, 11) is 2.97. The summed E-state index contributed by atoms with van der Waals surface area (Å²) in [6.07, 6.45) is 0. The van der Waals surface area contributed by atoms with Gasteiger partial charge in [-0.15, -0.1) is 11.3 Å². The molecule has 6 heteroatoms. The third-order valence-electron chi connectivity index (χ3n) is 4.19. The number of carbonyl (C=O) groups is 2. The van der Waals surface area contributed by atoms with Gasteiger partial charge in [-0.05, 0) is 45.4 Å². The van der Waals surface area contributed by atoms with Gasteiger partial charge in [-0.2, -0.15) is 0 Å². The second-order valence-corrected chi connectivity index (χ2v) is 7.37. The lowest BCUT2D eigenvalue weighted by Gasteiger charge is -2.01. The SMILES string of the molecule is COC(=O)C1C(C)C1C(=O)c1cc2cc(Br)c(OC)cc2s1. The molecule has 1 aliphatic rings. The first-order valence-corrected chi connectivity index (χ1v) is 8.48. The summed E-state index contributed by atoms with van der Waals surface area (Å²) < 4.78 is 11.9. The van der Waals surface area contributed by atoms with Crippen molar-refractivity contribution in [3.63, 3.8) is 0 Å². The largest absolute Gasteiger partial charge is 0.496 e. The standard InChI is InChI=1S/C16H15BrO4S/c1-7-13(14(7)16(19)21-3)15(18)12-5-8-4-9(17)10(20-2)6-11(8)22-12/h4-7,13-14H,1-3H3. The van der Waals surface area contributed by atoms with Gasteiger partial charge in [-0.1, -0.05) is 6.92 Å². The van der Waals surface area contributed by atoms with Gasteiger partial charge in [0.15, 0.2) is 5.78 Å². The van der Waals surface area contributed by atoms with Crippen LogP contribution in [0.4, 0.5) is 0 Å². The molecule has 0 spiro atoms. The quantitative estimate of drug-likeness (QED) is 0.594. The molecule has 116 valence electrons. The fourth-order valence-electron chi connectivity index (χ4n) is 2.84. The number of fused-ring (bicyclic) bond motifs is 1. The number of esters is 1. The predicted octanol–water partition coefficient (Wildman–Crippen LogP) is 3.91. The molecule has 22 heavy (non-hydrogen) atoms. The molecule has 0 amide bonds. The molecule has 3 unspecified atom stereocenters. The molecule has 3 rings (SSSR count). The highest BCUT2D eigenvalue weighted by Crippen LogP contribution is 2.49. The van der Waals surface area contributed by atoms with Crippen molar-refractivity contribution in [3.8, 4) is 5.75 Å². The van der Waals surface area contributed by atoms with Crippen LogP contribution in [0.1, 0.15) is 16.6 Å². The van der Waals surface area contributed by atoms with Crippen molar-refractivity contribution >= 4 is 49.1 Å². The molecule has 2 aromatic rings. The number of rotatable bonds is 4. The third kappa shape index (κ3) is 2.44. The molecule has 0 saturated heterocycles. The highest BCUT2D eigenvalue weighted by molar-refractivity contribution is 9.10. The maximum absolute atomic E-state index is 12.6. The second-order valence-electron chi connectivity index (χ2n) is 5.43. The van der Waals surface area contributed by atoms with E-state index in [0.717, 1.165) is 20.3 Å². The zero-order valence-electron chi connectivity index (χ0n) is 12.4. The van der Waals surface area contributed by atoms with Crippen LogP contribution in [0.25, 0.3) is 10.1 Å². The van der Waals surface area contributed by atoms with Crippen molar-refractivity contribution in [2.75, 3.05) is 14.2 Å². The van der Waals surface area contributed by atoms with Crippen molar-refractivity contribution in [1.29, 1.82) is 0 Å². The van der Waals surface area contributed by atoms with Gasteiger partial charge in [-0.25, -0.2) is 0 Å². The van der Waals surface area contributed by atoms with Gasteiger partial charge < -0.3 is 9.47 Å². The molecule has 0 radical (unpaired) electrons. The van der Waals surface area contributed by atoms with Crippen molar-refractivity contribution in [3.05, 3.63) is 27.5 Å². The Bertz CT molecular complexity index is 767. The van der Waals surface area contributed by atoms with E-state index in [2.05, 4.69) is 15.9 Å². The molecular weight excluding hydrogens is 368 g/mol. The Hall–Kier alpha value is -1.40. The maximum atomic E-state index is 12.6. The van der Waals surface area contributed by atoms with E-state index >= 15 is 0 Å². The Kier molecular flexibility index (Phi) is 3.99. The first-order chi connectivity index (χ1) is 10.5. The lowest BCUT2D eigenvalue weighted by molar-refractivity contribution is -0.142. The summed E-state index contributed by atoms with van der Waals surface area (Å²) in [5.41, 5.74) is 0. The molecule has 1 aromatic heterocycles. The summed E-state index contributed by atoms with van der Waals surface area (Å²) in [6, 6.07) is 5.73. The minimum absolute atomic E-state index is 0.0270. The summed E-state index contributed by atoms with van der Waals surface area (Å²) in [4.78, 5) is 24.9. The van der Waals surface area contributed by atoms with Crippen LogP contribution >= 0.6 is 27.3 Å². The molecule has 1 aromatic carbocycles. The number of thiophene rings is 1. The number of hydrogen-bond acceptors (Lipinski definition) is 5. The summed E-state index contributed by atoms with van der Waals surface area (Å²) >= 11 is 4.88. The lowest BCUT2D eigenvalue weighted by Crippen LogP contribution is -2.09. The minimum atomic E-state index is -0.302. The number of ketones is 1. The average Bonchev–Trinajstić information content (AvgIpc) is 3.00. The van der Waals surface area contributed by atoms with Gasteiger partial charge in [0.25, 0.3) is 0 Å². The fourth-order valence-corrected chi connectivity index (χ4v) is 4.43. The Morgan fingerprint density at radius 3 is 2.55 bits per heavy atom. The van der Waals surface area contributed by atoms with Crippen molar-refractivity contribution < 1.29 is 19.1 Å². The van der Waals surface area contributed by atoms with E-state index in [1.54, 1.807) is 7.11 Å². The van der Waals surface area contributed by atoms with Gasteiger partial charge in [0.2, 0.25) is 0 Å². The third-order valence-corrected chi connectivity index (χ3v) is 5.92. The smallest absolute Gasteiger partial charge is 0.309 e. The maximum Gasteiger partial charge on any atom is 0.309 e. The number of ether oxygens (including phenoxy) is 2. The van der Waals surface area contributed by atoms with Crippen LogP contribution in [0, 0.1) is 17.8 Å². The Morgan fingerprint density at radius 2 is 1.91 bits per heavy atom. The molecule has 0 N–H and O–H groups in total. The predicted molar refractivity (Wildman–Crippen MR) is 88.6 cm³/mol. The summed E-state index contributed by atoms with van der Waals surface area (Å²) in [6.45, 7) is 1.91. The van der Waals surface area contributed by atoms with Gasteiger partial charge in [-0.3, -0.25) is 9.59 Å². The molecular formula is C16H15BrO4S. The van der Waals surface area contributed by atoms with E-state index in [0.29, 0.717) is 4.88 Å². The summed E-state index contributed by atoms with van der Waals surface area (Å²) in [5.74, 6) is -0.0441. The highest BCUT2D eigenvalue weighted by Gasteiger charge is 2.57. The second kappa shape index (κ2) is 5.66. The highest BCUT2D eigenvalue weighted by atomic mass is 79.9. The number of halogens is 1. The van der Waals surface area contributed by atoms with Crippen LogP contribution in [0.2, 0.25) is 0 Å². The van der Waals surface area contributed by atoms with Crippen LogP contribution in [-0.2, 0) is 9.53 Å². The van der Waals surface area contributed by atoms with Crippen molar-refractivity contribution in [2.24, 2.45) is 17.8 Å². The zero-order valence-corrected chi connectivity index (χ0v) is 14.8. The first-order valence-electron chi connectivity index (χ1n) is 6.87. The van der Waals surface area contributed by atoms with Crippen LogP contribution in [0.3, 0.4) is 0 Å². The van der Waals surface area contributed by atoms with E-state index < -0.39 is 0 Å². The van der Waals surface area contributed by atoms with Gasteiger partial charge in [0, 0.05) is 10.6 Å². The van der Waals surface area contributed by atoms with E-state index in [4.69, 9.17) is 9.47 Å². The van der Waals surface area contributed by atoms with E-state index in [-0.39, 0.29) is 29.5 Å². The number of Topliss-reactive ketones (excluding diaryl/α,β-unsaturated/α-hetero) is 1. The van der Waals surface area contributed by atoms with Crippen LogP contribution in [0.5, 0.6) is 5.75 Å². The molecule has 1 fully saturated rings. The number of methoxy groups -OCH3 is 2. The topological polar surface area (TPSA) is 52.6 Å². The van der Waals surface area contributed by atoms with Crippen molar-refractivity contribution in [2.45, 2.75) is 6.92 Å². The Balaban J connectivity index is 1.91. The molecule has 1 saturated carbocycles. The minimum Gasteiger partial charge on any atom is -0.496 e. The lowest BCUT2D eigenvalue weighted by atomic mass is 10.1. The van der Waals surface area contributed by atoms with Gasteiger partial charge >= 0.3 is 5.97 Å². The normalized spacial score (nSPS) is 23.4. The average molecular weight is 383 g/mol. The fraction of sp³-hybridized carbons (Fsp3) is 0.375. The Morgan fingerprint density at radius 1 is 1.18 bits per heavy atom. The van der Waals surface area contributed by atoms with Crippen LogP contribution < -0.4 is 4.74 Å². The van der Waals surface area contributed by atoms with E-state index in [9.17, 15) is 9.59 Å². The molecule has 1 heterocycles. The molecule has 3 atom stereocenters. The number of carbonyl (C=O) groups excluding carboxylic acids is 2. The molecule has 4 nitrogen and oxygen atoms in total. The van der Waals surface area contributed by atoms with E-state index in [1.165, 1.54) is 18.4 Å². The monoisotopic (exact) mass is 382 g/mol. The molecule has 0 bridgehead atoms. The van der Waals surface area contributed by atoms with Crippen LogP contribution in [-0.4, -0.2) is 26.0 Å². The molecule has 0 aliphatic heterocycles. The van der Waals surface area contributed by atoms with E-state index in [1.807, 2.05) is 25.1 Å². The van der Waals surface area contributed by atoms with Crippen molar-refractivity contribution in [1.82, 2.24) is 0 Å². The van der Waals surface area contributed by atoms with Gasteiger partial charge in [0.05, 0.1) is 29.5 Å². The number of hydrogen-bond donors (Lipinski definition) is 0. The van der Waals surface area contributed by atoms with Crippen LogP contribution in [0.15, 0.2) is 22.7 Å². The first kappa shape index (κ1) is 15.5. The number of benzene rings is 1. The Labute approximate surface area is 140 Å².